The van der Waals surface area contributed by atoms with Crippen molar-refractivity contribution in [1.82, 2.24) is 19.4 Å². The van der Waals surface area contributed by atoms with Crippen LogP contribution in [0.2, 0.25) is 5.28 Å². The summed E-state index contributed by atoms with van der Waals surface area (Å²) < 4.78 is 2.04. The highest BCUT2D eigenvalue weighted by atomic mass is 35.5. The first-order chi connectivity index (χ1) is 13.7. The Kier molecular flexibility index (Phi) is 5.59. The molecule has 1 aliphatic rings. The average molecular weight is 399 g/mol. The minimum atomic E-state index is -0.112. The summed E-state index contributed by atoms with van der Waals surface area (Å²) in [7, 11) is 0. The summed E-state index contributed by atoms with van der Waals surface area (Å²) >= 11 is 6.04. The van der Waals surface area contributed by atoms with Crippen molar-refractivity contribution in [2.45, 2.75) is 38.3 Å². The van der Waals surface area contributed by atoms with Crippen LogP contribution >= 0.6 is 11.6 Å². The Hall–Kier alpha value is -2.44. The van der Waals surface area contributed by atoms with Gasteiger partial charge in [-0.3, -0.25) is 4.79 Å². The van der Waals surface area contributed by atoms with Crippen LogP contribution in [0.4, 0.5) is 0 Å². The largest absolute Gasteiger partial charge is 0.395 e. The lowest BCUT2D eigenvalue weighted by atomic mass is 10.2. The summed E-state index contributed by atoms with van der Waals surface area (Å²) in [6.07, 6.45) is 5.98. The van der Waals surface area contributed by atoms with Crippen LogP contribution < -0.4 is 0 Å². The van der Waals surface area contributed by atoms with Gasteiger partial charge < -0.3 is 14.6 Å². The first kappa shape index (κ1) is 18.9. The lowest BCUT2D eigenvalue weighted by Crippen LogP contribution is -2.34. The van der Waals surface area contributed by atoms with E-state index in [0.717, 1.165) is 36.6 Å². The van der Waals surface area contributed by atoms with Crippen LogP contribution in [0.15, 0.2) is 42.6 Å². The number of benzene rings is 1. The van der Waals surface area contributed by atoms with E-state index in [4.69, 9.17) is 11.6 Å². The lowest BCUT2D eigenvalue weighted by Gasteiger charge is -2.24. The molecule has 0 radical (unpaired) electrons. The molecule has 146 valence electrons. The molecule has 1 fully saturated rings. The van der Waals surface area contributed by atoms with E-state index in [1.54, 1.807) is 11.1 Å². The minimum absolute atomic E-state index is 0.0894. The smallest absolute Gasteiger partial charge is 0.270 e. The van der Waals surface area contributed by atoms with Gasteiger partial charge in [0.2, 0.25) is 5.28 Å². The van der Waals surface area contributed by atoms with Crippen molar-refractivity contribution in [3.63, 3.8) is 0 Å². The van der Waals surface area contributed by atoms with Gasteiger partial charge in [0.05, 0.1) is 6.61 Å². The highest BCUT2D eigenvalue weighted by Crippen LogP contribution is 2.35. The van der Waals surface area contributed by atoms with Crippen LogP contribution in [0.1, 0.15) is 47.8 Å². The molecule has 1 N–H and O–H groups in total. The van der Waals surface area contributed by atoms with Gasteiger partial charge in [0, 0.05) is 30.7 Å². The predicted molar refractivity (Wildman–Crippen MR) is 108 cm³/mol. The van der Waals surface area contributed by atoms with E-state index in [-0.39, 0.29) is 30.4 Å². The van der Waals surface area contributed by atoms with Gasteiger partial charge >= 0.3 is 0 Å². The molecule has 1 aromatic carbocycles. The highest BCUT2D eigenvalue weighted by molar-refractivity contribution is 6.28. The Labute approximate surface area is 168 Å². The molecule has 0 spiro atoms. The molecule has 0 unspecified atom stereocenters. The summed E-state index contributed by atoms with van der Waals surface area (Å²) in [6, 6.07) is 11.9. The third-order valence-electron chi connectivity index (χ3n) is 5.33. The van der Waals surface area contributed by atoms with E-state index in [1.165, 1.54) is 0 Å². The van der Waals surface area contributed by atoms with E-state index in [9.17, 15) is 9.90 Å². The number of aliphatic hydroxyl groups excluding tert-OH is 1. The normalized spacial score (nSPS) is 14.6. The number of nitrogens with zero attached hydrogens (tertiary/aromatic N) is 4. The van der Waals surface area contributed by atoms with Gasteiger partial charge in [-0.05, 0) is 36.1 Å². The zero-order valence-electron chi connectivity index (χ0n) is 15.6. The van der Waals surface area contributed by atoms with Gasteiger partial charge in [0.15, 0.2) is 0 Å². The molecule has 0 aliphatic heterocycles. The van der Waals surface area contributed by atoms with Crippen molar-refractivity contribution in [1.29, 1.82) is 0 Å². The maximum absolute atomic E-state index is 13.5. The van der Waals surface area contributed by atoms with E-state index in [2.05, 4.69) is 9.97 Å². The molecule has 0 saturated heterocycles. The molecule has 2 heterocycles. The second-order valence-electron chi connectivity index (χ2n) is 7.19. The fourth-order valence-electron chi connectivity index (χ4n) is 4.02. The Bertz CT molecular complexity index is 967. The van der Waals surface area contributed by atoms with E-state index in [0.29, 0.717) is 17.9 Å². The fraction of sp³-hybridized carbons (Fsp3) is 0.381. The van der Waals surface area contributed by atoms with Crippen LogP contribution in [-0.4, -0.2) is 43.6 Å². The number of hydrogen-bond donors (Lipinski definition) is 1. The number of hydrogen-bond acceptors (Lipinski definition) is 4. The number of aromatic nitrogens is 3. The molecule has 1 saturated carbocycles. The first-order valence-corrected chi connectivity index (χ1v) is 10.0. The second kappa shape index (κ2) is 8.29. The molecule has 1 amide bonds. The summed E-state index contributed by atoms with van der Waals surface area (Å²) in [6.45, 7) is 0.624. The Morgan fingerprint density at radius 3 is 2.71 bits per heavy atom. The third-order valence-corrected chi connectivity index (χ3v) is 5.51. The molecule has 28 heavy (non-hydrogen) atoms. The van der Waals surface area contributed by atoms with E-state index < -0.39 is 0 Å². The van der Waals surface area contributed by atoms with Crippen LogP contribution in [0, 0.1) is 0 Å². The first-order valence-electron chi connectivity index (χ1n) is 9.65. The fourth-order valence-corrected chi connectivity index (χ4v) is 4.15. The number of carbonyl (C=O) groups excluding carboxylic acids is 1. The number of amides is 1. The number of rotatable bonds is 6. The zero-order valence-corrected chi connectivity index (χ0v) is 16.3. The second-order valence-corrected chi connectivity index (χ2v) is 7.53. The van der Waals surface area contributed by atoms with Gasteiger partial charge in [0.25, 0.3) is 5.91 Å². The maximum atomic E-state index is 13.5. The van der Waals surface area contributed by atoms with Gasteiger partial charge in [0.1, 0.15) is 11.3 Å². The molecule has 1 aliphatic carbocycles. The minimum Gasteiger partial charge on any atom is -0.395 e. The topological polar surface area (TPSA) is 71.2 Å². The predicted octanol–water partition coefficient (Wildman–Crippen LogP) is 3.83. The molecule has 4 rings (SSSR count). The molecule has 6 nitrogen and oxygen atoms in total. The lowest BCUT2D eigenvalue weighted by molar-refractivity contribution is 0.0695. The molecule has 0 atom stereocenters. The molecule has 0 bridgehead atoms. The van der Waals surface area contributed by atoms with Gasteiger partial charge in [-0.15, -0.1) is 0 Å². The maximum Gasteiger partial charge on any atom is 0.270 e. The Morgan fingerprint density at radius 1 is 1.25 bits per heavy atom. The van der Waals surface area contributed by atoms with Crippen molar-refractivity contribution in [3.8, 4) is 0 Å². The quantitative estimate of drug-likeness (QED) is 0.640. The molecule has 2 aromatic heterocycles. The van der Waals surface area contributed by atoms with Crippen molar-refractivity contribution in [3.05, 3.63) is 59.1 Å². The monoisotopic (exact) mass is 398 g/mol. The Balaban J connectivity index is 1.75. The van der Waals surface area contributed by atoms with Gasteiger partial charge in [-0.1, -0.05) is 43.2 Å². The summed E-state index contributed by atoms with van der Waals surface area (Å²) in [5, 5.41) is 10.5. The summed E-state index contributed by atoms with van der Waals surface area (Å²) in [5.74, 6) is -0.112. The number of fused-ring (bicyclic) bond motifs is 1. The van der Waals surface area contributed by atoms with Crippen LogP contribution in [-0.2, 0) is 6.54 Å². The zero-order chi connectivity index (χ0) is 19.5. The Morgan fingerprint density at radius 2 is 2.00 bits per heavy atom. The number of aliphatic hydroxyl groups is 1. The van der Waals surface area contributed by atoms with Crippen molar-refractivity contribution < 1.29 is 9.90 Å². The number of carbonyl (C=O) groups is 1. The average Bonchev–Trinajstić information content (AvgIpc) is 3.35. The standard InChI is InChI=1S/C21H23ClN4O2/c22-21-23-13-16-12-18(26(19(16)24-21)17-8-4-5-9-17)20(28)25(10-11-27)14-15-6-2-1-3-7-15/h1-3,6-7,12-13,17,27H,4-5,8-11,14H2. The van der Waals surface area contributed by atoms with E-state index >= 15 is 0 Å². The molecule has 3 aromatic rings. The molecule has 7 heteroatoms. The number of halogens is 1. The van der Waals surface area contributed by atoms with Crippen molar-refractivity contribution in [2.75, 3.05) is 13.2 Å². The van der Waals surface area contributed by atoms with Crippen LogP contribution in [0.5, 0.6) is 0 Å². The molecular weight excluding hydrogens is 376 g/mol. The van der Waals surface area contributed by atoms with Crippen LogP contribution in [0.25, 0.3) is 11.0 Å². The molecular formula is C21H23ClN4O2. The van der Waals surface area contributed by atoms with Crippen molar-refractivity contribution in [2.24, 2.45) is 0 Å². The van der Waals surface area contributed by atoms with Gasteiger partial charge in [-0.2, -0.15) is 4.98 Å². The SMILES string of the molecule is O=C(c1cc2cnc(Cl)nc2n1C1CCCC1)N(CCO)Cc1ccccc1. The van der Waals surface area contributed by atoms with E-state index in [1.807, 2.05) is 41.0 Å². The van der Waals surface area contributed by atoms with Gasteiger partial charge in [-0.25, -0.2) is 4.98 Å². The third kappa shape index (κ3) is 3.75. The summed E-state index contributed by atoms with van der Waals surface area (Å²) in [4.78, 5) is 23.7. The highest BCUT2D eigenvalue weighted by Gasteiger charge is 2.28. The van der Waals surface area contributed by atoms with Crippen molar-refractivity contribution >= 4 is 28.5 Å². The van der Waals surface area contributed by atoms with Crippen LogP contribution in [0.3, 0.4) is 0 Å². The summed E-state index contributed by atoms with van der Waals surface area (Å²) in [5.41, 5.74) is 2.32.